The Labute approximate surface area is 178 Å². The molecule has 1 fully saturated rings. The molecule has 3 rings (SSSR count). The Morgan fingerprint density at radius 3 is 2.60 bits per heavy atom. The molecule has 0 saturated carbocycles. The van der Waals surface area contributed by atoms with Crippen molar-refractivity contribution in [1.82, 2.24) is 9.62 Å². The normalized spacial score (nSPS) is 19.5. The lowest BCUT2D eigenvalue weighted by molar-refractivity contribution is -0.126. The van der Waals surface area contributed by atoms with Gasteiger partial charge in [0.25, 0.3) is 0 Å². The van der Waals surface area contributed by atoms with Crippen LogP contribution in [0.1, 0.15) is 44.6 Å². The lowest BCUT2D eigenvalue weighted by Crippen LogP contribution is -2.48. The van der Waals surface area contributed by atoms with Crippen molar-refractivity contribution in [1.29, 1.82) is 0 Å². The number of hydrogen-bond donors (Lipinski definition) is 1. The number of carbonyl (C=O) groups is 2. The highest BCUT2D eigenvalue weighted by Crippen LogP contribution is 2.35. The van der Waals surface area contributed by atoms with Crippen molar-refractivity contribution < 1.29 is 22.7 Å². The Kier molecular flexibility index (Phi) is 7.49. The highest BCUT2D eigenvalue weighted by molar-refractivity contribution is 7.89. The zero-order chi connectivity index (χ0) is 21.7. The van der Waals surface area contributed by atoms with Crippen molar-refractivity contribution in [2.45, 2.75) is 56.4 Å². The quantitative estimate of drug-likeness (QED) is 0.625. The van der Waals surface area contributed by atoms with E-state index in [-0.39, 0.29) is 23.1 Å². The molecule has 1 saturated heterocycles. The Hall–Kier alpha value is -1.97. The number of rotatable bonds is 8. The first-order valence-corrected chi connectivity index (χ1v) is 12.1. The number of carbonyl (C=O) groups excluding carboxylic acids is 2. The van der Waals surface area contributed by atoms with E-state index in [2.05, 4.69) is 5.32 Å². The van der Waals surface area contributed by atoms with Crippen LogP contribution in [0.25, 0.3) is 0 Å². The molecule has 1 aromatic rings. The number of fused-ring (bicyclic) bond motifs is 1. The Morgan fingerprint density at radius 2 is 1.93 bits per heavy atom. The molecule has 8 nitrogen and oxygen atoms in total. The third-order valence-corrected chi connectivity index (χ3v) is 7.58. The molecule has 0 aromatic heterocycles. The maximum Gasteiger partial charge on any atom is 0.243 e. The van der Waals surface area contributed by atoms with Gasteiger partial charge in [0.1, 0.15) is 6.04 Å². The minimum atomic E-state index is -3.57. The number of benzene rings is 1. The SMILES string of the molecule is CCC(=O)N1c2ccc(S(=O)(=O)N3CCCCC3)cc2C[C@@H]1C(=O)NCCCOC. The van der Waals surface area contributed by atoms with Gasteiger partial charge in [-0.2, -0.15) is 4.31 Å². The van der Waals surface area contributed by atoms with Gasteiger partial charge in [0, 0.05) is 51.9 Å². The van der Waals surface area contributed by atoms with Gasteiger partial charge in [-0.25, -0.2) is 8.42 Å². The average molecular weight is 438 g/mol. The van der Waals surface area contributed by atoms with Gasteiger partial charge in [-0.3, -0.25) is 14.5 Å². The number of piperidine rings is 1. The molecule has 0 bridgehead atoms. The number of ether oxygens (including phenoxy) is 1. The predicted molar refractivity (Wildman–Crippen MR) is 114 cm³/mol. The summed E-state index contributed by atoms with van der Waals surface area (Å²) in [7, 11) is -1.97. The number of nitrogens with zero attached hydrogens (tertiary/aromatic N) is 2. The molecule has 166 valence electrons. The summed E-state index contributed by atoms with van der Waals surface area (Å²) in [5.41, 5.74) is 1.34. The number of methoxy groups -OCH3 is 1. The van der Waals surface area contributed by atoms with Crippen LogP contribution < -0.4 is 10.2 Å². The van der Waals surface area contributed by atoms with Gasteiger partial charge in [0.15, 0.2) is 0 Å². The lowest BCUT2D eigenvalue weighted by Gasteiger charge is -2.26. The third kappa shape index (κ3) is 4.68. The van der Waals surface area contributed by atoms with E-state index in [0.717, 1.165) is 19.3 Å². The van der Waals surface area contributed by atoms with Crippen molar-refractivity contribution in [3.05, 3.63) is 23.8 Å². The maximum atomic E-state index is 13.0. The molecule has 1 aromatic carbocycles. The topological polar surface area (TPSA) is 96.0 Å². The van der Waals surface area contributed by atoms with Gasteiger partial charge in [-0.15, -0.1) is 0 Å². The molecule has 2 amide bonds. The number of sulfonamides is 1. The van der Waals surface area contributed by atoms with Crippen LogP contribution in [0.3, 0.4) is 0 Å². The molecule has 1 N–H and O–H groups in total. The van der Waals surface area contributed by atoms with Gasteiger partial charge in [-0.05, 0) is 43.0 Å². The summed E-state index contributed by atoms with van der Waals surface area (Å²) in [4.78, 5) is 27.1. The molecule has 30 heavy (non-hydrogen) atoms. The highest BCUT2D eigenvalue weighted by Gasteiger charge is 2.38. The van der Waals surface area contributed by atoms with Gasteiger partial charge in [-0.1, -0.05) is 13.3 Å². The smallest absolute Gasteiger partial charge is 0.243 e. The van der Waals surface area contributed by atoms with Crippen LogP contribution in [0.2, 0.25) is 0 Å². The van der Waals surface area contributed by atoms with Crippen LogP contribution >= 0.6 is 0 Å². The summed E-state index contributed by atoms with van der Waals surface area (Å²) in [6.07, 6.45) is 4.04. The van der Waals surface area contributed by atoms with Crippen LogP contribution in [-0.2, 0) is 30.8 Å². The van der Waals surface area contributed by atoms with Crippen LogP contribution in [0, 0.1) is 0 Å². The second-order valence-electron chi connectivity index (χ2n) is 7.73. The van der Waals surface area contributed by atoms with Crippen molar-refractivity contribution >= 4 is 27.5 Å². The first kappa shape index (κ1) is 22.7. The van der Waals surface area contributed by atoms with Gasteiger partial charge >= 0.3 is 0 Å². The molecule has 2 heterocycles. The summed E-state index contributed by atoms with van der Waals surface area (Å²) in [5, 5.41) is 2.86. The van der Waals surface area contributed by atoms with Crippen LogP contribution in [0.5, 0.6) is 0 Å². The van der Waals surface area contributed by atoms with Crippen LogP contribution in [0.15, 0.2) is 23.1 Å². The predicted octanol–water partition coefficient (Wildman–Crippen LogP) is 1.68. The van der Waals surface area contributed by atoms with E-state index in [1.165, 1.54) is 9.21 Å². The summed E-state index contributed by atoms with van der Waals surface area (Å²) < 4.78 is 32.6. The van der Waals surface area contributed by atoms with Crippen molar-refractivity contribution in [3.63, 3.8) is 0 Å². The van der Waals surface area contributed by atoms with Gasteiger partial charge in [0.2, 0.25) is 21.8 Å². The third-order valence-electron chi connectivity index (χ3n) is 5.69. The second kappa shape index (κ2) is 9.89. The number of nitrogens with one attached hydrogen (secondary N) is 1. The van der Waals surface area contributed by atoms with Crippen molar-refractivity contribution in [3.8, 4) is 0 Å². The molecule has 2 aliphatic heterocycles. The van der Waals surface area contributed by atoms with Crippen molar-refractivity contribution in [2.24, 2.45) is 0 Å². The van der Waals surface area contributed by atoms with Crippen LogP contribution in [0.4, 0.5) is 5.69 Å². The Bertz CT molecular complexity index is 881. The highest BCUT2D eigenvalue weighted by atomic mass is 32.2. The molecule has 0 radical (unpaired) electrons. The minimum Gasteiger partial charge on any atom is -0.385 e. The summed E-state index contributed by atoms with van der Waals surface area (Å²) in [5.74, 6) is -0.387. The second-order valence-corrected chi connectivity index (χ2v) is 9.67. The largest absolute Gasteiger partial charge is 0.385 e. The molecular formula is C21H31N3O5S. The first-order chi connectivity index (χ1) is 14.4. The minimum absolute atomic E-state index is 0.155. The van der Waals surface area contributed by atoms with E-state index >= 15 is 0 Å². The molecule has 2 aliphatic rings. The summed E-state index contributed by atoms with van der Waals surface area (Å²) >= 11 is 0. The van der Waals surface area contributed by atoms with Crippen molar-refractivity contribution in [2.75, 3.05) is 38.3 Å². The molecular weight excluding hydrogens is 406 g/mol. The zero-order valence-corrected chi connectivity index (χ0v) is 18.5. The fourth-order valence-corrected chi connectivity index (χ4v) is 5.65. The zero-order valence-electron chi connectivity index (χ0n) is 17.7. The molecule has 9 heteroatoms. The Morgan fingerprint density at radius 1 is 1.20 bits per heavy atom. The molecule has 0 aliphatic carbocycles. The Balaban J connectivity index is 1.83. The average Bonchev–Trinajstić information content (AvgIpc) is 3.15. The summed E-state index contributed by atoms with van der Waals surface area (Å²) in [6, 6.07) is 4.19. The standard InChI is InChI=1S/C21H31N3O5S/c1-3-20(25)24-18-9-8-17(30(27,28)23-11-5-4-6-12-23)14-16(18)15-19(24)21(26)22-10-7-13-29-2/h8-9,14,19H,3-7,10-13,15H2,1-2H3,(H,22,26)/t19-/m1/s1. The monoisotopic (exact) mass is 437 g/mol. The van der Waals surface area contributed by atoms with E-state index in [9.17, 15) is 18.0 Å². The first-order valence-electron chi connectivity index (χ1n) is 10.6. The molecule has 1 atom stereocenters. The lowest BCUT2D eigenvalue weighted by atomic mass is 10.1. The van der Waals surface area contributed by atoms with E-state index in [0.29, 0.717) is 50.3 Å². The fourth-order valence-electron chi connectivity index (χ4n) is 4.08. The van der Waals surface area contributed by atoms with Gasteiger partial charge < -0.3 is 10.1 Å². The molecule has 0 spiro atoms. The van der Waals surface area contributed by atoms with E-state index in [4.69, 9.17) is 4.74 Å². The van der Waals surface area contributed by atoms with E-state index in [1.54, 1.807) is 32.2 Å². The number of anilines is 1. The maximum absolute atomic E-state index is 13.0. The number of amides is 2. The van der Waals surface area contributed by atoms with Gasteiger partial charge in [0.05, 0.1) is 4.90 Å². The molecule has 0 unspecified atom stereocenters. The van der Waals surface area contributed by atoms with E-state index < -0.39 is 16.1 Å². The summed E-state index contributed by atoms with van der Waals surface area (Å²) in [6.45, 7) is 3.82. The van der Waals surface area contributed by atoms with E-state index in [1.807, 2.05) is 0 Å². The van der Waals surface area contributed by atoms with Crippen LogP contribution in [-0.4, -0.2) is 63.9 Å². The number of hydrogen-bond acceptors (Lipinski definition) is 5. The fraction of sp³-hybridized carbons (Fsp3) is 0.619.